The van der Waals surface area contributed by atoms with Crippen molar-refractivity contribution < 1.29 is 0 Å². The normalized spacial score (nSPS) is 14.1. The molecule has 1 aliphatic carbocycles. The van der Waals surface area contributed by atoms with Crippen molar-refractivity contribution in [2.75, 3.05) is 5.32 Å². The van der Waals surface area contributed by atoms with Gasteiger partial charge in [-0.1, -0.05) is 19.1 Å². The lowest BCUT2D eigenvalue weighted by Gasteiger charge is -2.20. The number of nitrogens with zero attached hydrogens (tertiary/aromatic N) is 1. The zero-order valence-electron chi connectivity index (χ0n) is 12.4. The molecule has 0 atom stereocenters. The van der Waals surface area contributed by atoms with Gasteiger partial charge in [0, 0.05) is 24.1 Å². The zero-order chi connectivity index (χ0) is 13.8. The van der Waals surface area contributed by atoms with Crippen LogP contribution < -0.4 is 5.32 Å². The molecule has 1 aromatic heterocycles. The highest BCUT2D eigenvalue weighted by Crippen LogP contribution is 2.28. The minimum absolute atomic E-state index is 0.920. The van der Waals surface area contributed by atoms with E-state index in [2.05, 4.69) is 53.3 Å². The lowest BCUT2D eigenvalue weighted by molar-refractivity contribution is 0.653. The monoisotopic (exact) mass is 268 g/mol. The molecule has 0 spiro atoms. The largest absolute Gasteiger partial charge is 0.379 e. The Morgan fingerprint density at radius 2 is 2.00 bits per heavy atom. The molecule has 0 unspecified atom stereocenters. The number of hydrogen-bond acceptors (Lipinski definition) is 1. The fourth-order valence-electron chi connectivity index (χ4n) is 3.20. The Hall–Kier alpha value is -1.70. The van der Waals surface area contributed by atoms with Gasteiger partial charge < -0.3 is 9.88 Å². The summed E-state index contributed by atoms with van der Waals surface area (Å²) in [4.78, 5) is 0. The van der Waals surface area contributed by atoms with Gasteiger partial charge in [0.05, 0.1) is 6.54 Å². The smallest absolute Gasteiger partial charge is 0.0553 e. The van der Waals surface area contributed by atoms with Gasteiger partial charge in [0.1, 0.15) is 0 Å². The van der Waals surface area contributed by atoms with Crippen molar-refractivity contribution in [3.8, 4) is 0 Å². The molecule has 3 rings (SSSR count). The lowest BCUT2D eigenvalue weighted by Crippen LogP contribution is -2.11. The minimum atomic E-state index is 0.920. The molecular weight excluding hydrogens is 244 g/mol. The van der Waals surface area contributed by atoms with Crippen LogP contribution >= 0.6 is 0 Å². The van der Waals surface area contributed by atoms with Crippen LogP contribution in [0.15, 0.2) is 36.5 Å². The van der Waals surface area contributed by atoms with Crippen LogP contribution in [-0.2, 0) is 25.9 Å². The fraction of sp³-hybridized carbons (Fsp3) is 0.444. The Bertz CT molecular complexity index is 569. The third-order valence-corrected chi connectivity index (χ3v) is 4.24. The summed E-state index contributed by atoms with van der Waals surface area (Å²) in [5, 5.41) is 3.65. The van der Waals surface area contributed by atoms with E-state index in [0.29, 0.717) is 0 Å². The van der Waals surface area contributed by atoms with Gasteiger partial charge in [0.2, 0.25) is 0 Å². The SMILES string of the molecule is CCCn1cccc1CNc1cccc2c1CCCC2. The van der Waals surface area contributed by atoms with Crippen molar-refractivity contribution in [3.63, 3.8) is 0 Å². The molecule has 2 heteroatoms. The maximum absolute atomic E-state index is 3.65. The molecule has 1 N–H and O–H groups in total. The van der Waals surface area contributed by atoms with Crippen molar-refractivity contribution in [3.05, 3.63) is 53.3 Å². The Morgan fingerprint density at radius 1 is 1.10 bits per heavy atom. The van der Waals surface area contributed by atoms with Crippen molar-refractivity contribution in [2.24, 2.45) is 0 Å². The number of rotatable bonds is 5. The second-order valence-electron chi connectivity index (χ2n) is 5.70. The number of aromatic nitrogens is 1. The maximum atomic E-state index is 3.65. The van der Waals surface area contributed by atoms with E-state index in [4.69, 9.17) is 0 Å². The summed E-state index contributed by atoms with van der Waals surface area (Å²) < 4.78 is 2.35. The first-order valence-corrected chi connectivity index (χ1v) is 7.87. The van der Waals surface area contributed by atoms with Crippen molar-refractivity contribution >= 4 is 5.69 Å². The van der Waals surface area contributed by atoms with Gasteiger partial charge >= 0.3 is 0 Å². The predicted octanol–water partition coefficient (Wildman–Crippen LogP) is 4.39. The highest BCUT2D eigenvalue weighted by atomic mass is 15.0. The number of anilines is 1. The Morgan fingerprint density at radius 3 is 2.90 bits per heavy atom. The molecule has 0 bridgehead atoms. The highest BCUT2D eigenvalue weighted by Gasteiger charge is 2.12. The van der Waals surface area contributed by atoms with E-state index in [-0.39, 0.29) is 0 Å². The average molecular weight is 268 g/mol. The van der Waals surface area contributed by atoms with Gasteiger partial charge in [-0.25, -0.2) is 0 Å². The molecule has 106 valence electrons. The Balaban J connectivity index is 1.73. The number of nitrogens with one attached hydrogen (secondary N) is 1. The topological polar surface area (TPSA) is 17.0 Å². The van der Waals surface area contributed by atoms with Gasteiger partial charge in [0.25, 0.3) is 0 Å². The molecule has 20 heavy (non-hydrogen) atoms. The van der Waals surface area contributed by atoms with Gasteiger partial charge in [-0.05, 0) is 61.4 Å². The van der Waals surface area contributed by atoms with Crippen LogP contribution in [0.4, 0.5) is 5.69 Å². The summed E-state index contributed by atoms with van der Waals surface area (Å²) in [6.07, 6.45) is 8.52. The first-order valence-electron chi connectivity index (χ1n) is 7.87. The number of benzene rings is 1. The summed E-state index contributed by atoms with van der Waals surface area (Å²) in [6.45, 7) is 4.26. The molecule has 2 aromatic rings. The van der Waals surface area contributed by atoms with Gasteiger partial charge in [-0.3, -0.25) is 0 Å². The summed E-state index contributed by atoms with van der Waals surface area (Å²) >= 11 is 0. The molecule has 1 heterocycles. The fourth-order valence-corrected chi connectivity index (χ4v) is 3.20. The van der Waals surface area contributed by atoms with Gasteiger partial charge in [0.15, 0.2) is 0 Å². The van der Waals surface area contributed by atoms with Crippen molar-refractivity contribution in [1.29, 1.82) is 0 Å². The van der Waals surface area contributed by atoms with Crippen molar-refractivity contribution in [2.45, 2.75) is 52.1 Å². The molecule has 0 radical (unpaired) electrons. The molecule has 0 saturated carbocycles. The van der Waals surface area contributed by atoms with Gasteiger partial charge in [-0.2, -0.15) is 0 Å². The average Bonchev–Trinajstić information content (AvgIpc) is 2.93. The zero-order valence-corrected chi connectivity index (χ0v) is 12.4. The third-order valence-electron chi connectivity index (χ3n) is 4.24. The summed E-state index contributed by atoms with van der Waals surface area (Å²) in [5.41, 5.74) is 5.81. The number of hydrogen-bond donors (Lipinski definition) is 1. The van der Waals surface area contributed by atoms with Crippen LogP contribution in [0.5, 0.6) is 0 Å². The number of aryl methyl sites for hydroxylation is 2. The van der Waals surface area contributed by atoms with E-state index in [1.165, 1.54) is 43.5 Å². The summed E-state index contributed by atoms with van der Waals surface area (Å²) in [5.74, 6) is 0. The van der Waals surface area contributed by atoms with E-state index in [1.54, 1.807) is 11.1 Å². The molecule has 0 aliphatic heterocycles. The van der Waals surface area contributed by atoms with Crippen LogP contribution in [0.3, 0.4) is 0 Å². The summed E-state index contributed by atoms with van der Waals surface area (Å²) in [6, 6.07) is 11.1. The van der Waals surface area contributed by atoms with E-state index in [1.807, 2.05) is 0 Å². The van der Waals surface area contributed by atoms with E-state index in [9.17, 15) is 0 Å². The molecule has 2 nitrogen and oxygen atoms in total. The minimum Gasteiger partial charge on any atom is -0.379 e. The standard InChI is InChI=1S/C18H24N2/c1-2-12-20-13-6-9-16(20)14-19-18-11-5-8-15-7-3-4-10-17(15)18/h5-6,8-9,11,13,19H,2-4,7,10,12,14H2,1H3. The molecule has 1 aromatic carbocycles. The van der Waals surface area contributed by atoms with E-state index < -0.39 is 0 Å². The van der Waals surface area contributed by atoms with Gasteiger partial charge in [-0.15, -0.1) is 0 Å². The van der Waals surface area contributed by atoms with Crippen LogP contribution in [0, 0.1) is 0 Å². The molecule has 1 aliphatic rings. The maximum Gasteiger partial charge on any atom is 0.0553 e. The van der Waals surface area contributed by atoms with Crippen LogP contribution in [0.2, 0.25) is 0 Å². The van der Waals surface area contributed by atoms with Crippen LogP contribution in [-0.4, -0.2) is 4.57 Å². The quantitative estimate of drug-likeness (QED) is 0.851. The Kier molecular flexibility index (Phi) is 4.10. The highest BCUT2D eigenvalue weighted by molar-refractivity contribution is 5.55. The molecule has 0 amide bonds. The van der Waals surface area contributed by atoms with Crippen molar-refractivity contribution in [1.82, 2.24) is 4.57 Å². The second kappa shape index (κ2) is 6.17. The van der Waals surface area contributed by atoms with E-state index >= 15 is 0 Å². The van der Waals surface area contributed by atoms with Crippen LogP contribution in [0.25, 0.3) is 0 Å². The second-order valence-corrected chi connectivity index (χ2v) is 5.70. The predicted molar refractivity (Wildman–Crippen MR) is 85.1 cm³/mol. The first-order chi connectivity index (χ1) is 9.88. The summed E-state index contributed by atoms with van der Waals surface area (Å²) in [7, 11) is 0. The molecular formula is C18H24N2. The first kappa shape index (κ1) is 13.3. The molecule has 0 saturated heterocycles. The third kappa shape index (κ3) is 2.74. The number of fused-ring (bicyclic) bond motifs is 1. The van der Waals surface area contributed by atoms with Crippen LogP contribution in [0.1, 0.15) is 43.0 Å². The Labute approximate surface area is 121 Å². The molecule has 0 fully saturated rings. The van der Waals surface area contributed by atoms with E-state index in [0.717, 1.165) is 13.1 Å². The lowest BCUT2D eigenvalue weighted by atomic mass is 9.90.